The molecule has 0 aliphatic carbocycles. The number of rotatable bonds is 5. The minimum atomic E-state index is -0.264. The van der Waals surface area contributed by atoms with Crippen LogP contribution in [0, 0.1) is 20.8 Å². The first kappa shape index (κ1) is 18.3. The summed E-state index contributed by atoms with van der Waals surface area (Å²) >= 11 is 0. The third-order valence-electron chi connectivity index (χ3n) is 5.02. The molecule has 2 atom stereocenters. The SMILES string of the molecule is CNC(=O)c1nc(C)c(C)c(N2CC[C@@H](NC(C)c3conc3C)C2)n1. The van der Waals surface area contributed by atoms with Gasteiger partial charge in [-0.2, -0.15) is 0 Å². The number of carbonyl (C=O) groups is 1. The summed E-state index contributed by atoms with van der Waals surface area (Å²) in [5.41, 5.74) is 3.84. The molecule has 8 heteroatoms. The fourth-order valence-electron chi connectivity index (χ4n) is 3.38. The van der Waals surface area contributed by atoms with Crippen LogP contribution in [0.3, 0.4) is 0 Å². The number of nitrogens with one attached hydrogen (secondary N) is 2. The van der Waals surface area contributed by atoms with Crippen molar-refractivity contribution in [2.75, 3.05) is 25.0 Å². The van der Waals surface area contributed by atoms with E-state index in [9.17, 15) is 4.79 Å². The van der Waals surface area contributed by atoms with E-state index < -0.39 is 0 Å². The van der Waals surface area contributed by atoms with Crippen LogP contribution in [0.1, 0.15) is 52.5 Å². The van der Waals surface area contributed by atoms with Crippen LogP contribution in [0.15, 0.2) is 10.8 Å². The quantitative estimate of drug-likeness (QED) is 0.839. The molecule has 2 aromatic heterocycles. The molecule has 0 spiro atoms. The Morgan fingerprint density at radius 2 is 2.08 bits per heavy atom. The molecule has 1 unspecified atom stereocenters. The summed E-state index contributed by atoms with van der Waals surface area (Å²) in [6, 6.07) is 0.498. The average Bonchev–Trinajstić information content (AvgIpc) is 3.25. The van der Waals surface area contributed by atoms with Gasteiger partial charge in [-0.3, -0.25) is 4.79 Å². The summed E-state index contributed by atoms with van der Waals surface area (Å²) in [5, 5.41) is 10.2. The molecule has 3 rings (SSSR count). The van der Waals surface area contributed by atoms with Crippen molar-refractivity contribution in [2.24, 2.45) is 0 Å². The van der Waals surface area contributed by atoms with Crippen molar-refractivity contribution < 1.29 is 9.32 Å². The highest BCUT2D eigenvalue weighted by Gasteiger charge is 2.28. The monoisotopic (exact) mass is 358 g/mol. The lowest BCUT2D eigenvalue weighted by Gasteiger charge is -2.22. The van der Waals surface area contributed by atoms with Crippen LogP contribution in [0.4, 0.5) is 5.82 Å². The van der Waals surface area contributed by atoms with Gasteiger partial charge in [0.25, 0.3) is 5.91 Å². The number of hydrogen-bond donors (Lipinski definition) is 2. The van der Waals surface area contributed by atoms with Gasteiger partial charge in [0, 0.05) is 49.0 Å². The smallest absolute Gasteiger partial charge is 0.288 e. The van der Waals surface area contributed by atoms with E-state index in [1.165, 1.54) is 0 Å². The second kappa shape index (κ2) is 7.41. The fraction of sp³-hybridized carbons (Fsp3) is 0.556. The van der Waals surface area contributed by atoms with Crippen molar-refractivity contribution in [3.63, 3.8) is 0 Å². The molecular formula is C18H26N6O2. The van der Waals surface area contributed by atoms with Crippen LogP contribution < -0.4 is 15.5 Å². The Morgan fingerprint density at radius 3 is 2.73 bits per heavy atom. The first-order valence-corrected chi connectivity index (χ1v) is 8.90. The maximum absolute atomic E-state index is 11.9. The largest absolute Gasteiger partial charge is 0.364 e. The summed E-state index contributed by atoms with van der Waals surface area (Å²) in [6.07, 6.45) is 2.71. The van der Waals surface area contributed by atoms with E-state index in [0.29, 0.717) is 6.04 Å². The van der Waals surface area contributed by atoms with Gasteiger partial charge >= 0.3 is 0 Å². The molecule has 3 heterocycles. The number of amides is 1. The fourth-order valence-corrected chi connectivity index (χ4v) is 3.38. The number of hydrogen-bond acceptors (Lipinski definition) is 7. The van der Waals surface area contributed by atoms with Crippen LogP contribution in [-0.4, -0.2) is 47.2 Å². The zero-order chi connectivity index (χ0) is 18.8. The topological polar surface area (TPSA) is 96.2 Å². The molecule has 140 valence electrons. The van der Waals surface area contributed by atoms with Crippen molar-refractivity contribution in [3.8, 4) is 0 Å². The van der Waals surface area contributed by atoms with Gasteiger partial charge in [-0.15, -0.1) is 0 Å². The third-order valence-corrected chi connectivity index (χ3v) is 5.02. The van der Waals surface area contributed by atoms with Gasteiger partial charge < -0.3 is 20.1 Å². The van der Waals surface area contributed by atoms with Gasteiger partial charge in [0.05, 0.1) is 5.69 Å². The van der Waals surface area contributed by atoms with Crippen molar-refractivity contribution in [2.45, 2.75) is 46.2 Å². The standard InChI is InChI=1S/C18H26N6O2/c1-10-11(2)21-16(18(25)19-5)22-17(10)24-7-6-14(8-24)20-12(3)15-9-26-23-13(15)4/h9,12,14,20H,6-8H2,1-5H3,(H,19,25)/t12?,14-/m1/s1. The first-order valence-electron chi connectivity index (χ1n) is 8.90. The van der Waals surface area contributed by atoms with Crippen LogP contribution in [0.25, 0.3) is 0 Å². The van der Waals surface area contributed by atoms with Gasteiger partial charge in [-0.25, -0.2) is 9.97 Å². The number of aryl methyl sites for hydroxylation is 2. The molecule has 8 nitrogen and oxygen atoms in total. The molecule has 1 aliphatic rings. The van der Waals surface area contributed by atoms with E-state index in [4.69, 9.17) is 4.52 Å². The molecular weight excluding hydrogens is 332 g/mol. The Labute approximate surface area is 153 Å². The number of nitrogens with zero attached hydrogens (tertiary/aromatic N) is 4. The zero-order valence-corrected chi connectivity index (χ0v) is 16.0. The molecule has 1 aliphatic heterocycles. The van der Waals surface area contributed by atoms with E-state index in [0.717, 1.165) is 47.8 Å². The molecule has 0 aromatic carbocycles. The summed E-state index contributed by atoms with van der Waals surface area (Å²) in [7, 11) is 1.59. The van der Waals surface area contributed by atoms with Crippen molar-refractivity contribution in [3.05, 3.63) is 34.6 Å². The van der Waals surface area contributed by atoms with Gasteiger partial charge in [0.1, 0.15) is 12.1 Å². The van der Waals surface area contributed by atoms with Crippen LogP contribution in [-0.2, 0) is 0 Å². The molecule has 26 heavy (non-hydrogen) atoms. The molecule has 0 bridgehead atoms. The predicted octanol–water partition coefficient (Wildman–Crippen LogP) is 1.68. The van der Waals surface area contributed by atoms with Gasteiger partial charge in [-0.05, 0) is 34.1 Å². The molecule has 2 N–H and O–H groups in total. The minimum absolute atomic E-state index is 0.167. The normalized spacial score (nSPS) is 18.2. The highest BCUT2D eigenvalue weighted by molar-refractivity contribution is 5.90. The maximum Gasteiger partial charge on any atom is 0.288 e. The van der Waals surface area contributed by atoms with Gasteiger partial charge in [-0.1, -0.05) is 5.16 Å². The molecule has 0 saturated carbocycles. The predicted molar refractivity (Wildman–Crippen MR) is 98.3 cm³/mol. The molecule has 1 amide bonds. The molecule has 0 radical (unpaired) electrons. The molecule has 1 fully saturated rings. The Balaban J connectivity index is 1.73. The van der Waals surface area contributed by atoms with Gasteiger partial charge in [0.2, 0.25) is 5.82 Å². The highest BCUT2D eigenvalue weighted by Crippen LogP contribution is 2.25. The van der Waals surface area contributed by atoms with E-state index in [-0.39, 0.29) is 17.8 Å². The van der Waals surface area contributed by atoms with E-state index in [2.05, 4.69) is 37.6 Å². The van der Waals surface area contributed by atoms with Crippen LogP contribution in [0.5, 0.6) is 0 Å². The Bertz CT molecular complexity index is 803. The summed E-state index contributed by atoms with van der Waals surface area (Å²) in [4.78, 5) is 23.0. The second-order valence-corrected chi connectivity index (χ2v) is 6.84. The van der Waals surface area contributed by atoms with Gasteiger partial charge in [0.15, 0.2) is 0 Å². The van der Waals surface area contributed by atoms with Crippen LogP contribution >= 0.6 is 0 Å². The van der Waals surface area contributed by atoms with E-state index >= 15 is 0 Å². The number of aromatic nitrogens is 3. The average molecular weight is 358 g/mol. The minimum Gasteiger partial charge on any atom is -0.364 e. The molecule has 1 saturated heterocycles. The number of carbonyl (C=O) groups excluding carboxylic acids is 1. The lowest BCUT2D eigenvalue weighted by molar-refractivity contribution is 0.0952. The van der Waals surface area contributed by atoms with E-state index in [1.807, 2.05) is 20.8 Å². The zero-order valence-electron chi connectivity index (χ0n) is 16.0. The first-order chi connectivity index (χ1) is 12.4. The number of anilines is 1. The second-order valence-electron chi connectivity index (χ2n) is 6.84. The van der Waals surface area contributed by atoms with E-state index in [1.54, 1.807) is 13.3 Å². The maximum atomic E-state index is 11.9. The lowest BCUT2D eigenvalue weighted by atomic mass is 10.1. The summed E-state index contributed by atoms with van der Waals surface area (Å²) in [6.45, 7) is 9.70. The summed E-state index contributed by atoms with van der Waals surface area (Å²) < 4.78 is 5.04. The van der Waals surface area contributed by atoms with Crippen molar-refractivity contribution in [1.82, 2.24) is 25.8 Å². The summed E-state index contributed by atoms with van der Waals surface area (Å²) in [5.74, 6) is 0.796. The lowest BCUT2D eigenvalue weighted by Crippen LogP contribution is -2.35. The van der Waals surface area contributed by atoms with Crippen molar-refractivity contribution in [1.29, 1.82) is 0 Å². The van der Waals surface area contributed by atoms with Crippen molar-refractivity contribution >= 4 is 11.7 Å². The van der Waals surface area contributed by atoms with Crippen LogP contribution in [0.2, 0.25) is 0 Å². The highest BCUT2D eigenvalue weighted by atomic mass is 16.5. The molecule has 2 aromatic rings. The third kappa shape index (κ3) is 3.55. The Kier molecular flexibility index (Phi) is 5.22. The Hall–Kier alpha value is -2.48. The Morgan fingerprint density at radius 1 is 1.31 bits per heavy atom.